The number of aryl methyl sites for hydroxylation is 1. The van der Waals surface area contributed by atoms with Crippen LogP contribution in [-0.4, -0.2) is 25.1 Å². The Balaban J connectivity index is 1.82. The molecule has 1 amide bonds. The van der Waals surface area contributed by atoms with E-state index < -0.39 is 9.84 Å². The third-order valence-electron chi connectivity index (χ3n) is 4.57. The number of hydrogen-bond acceptors (Lipinski definition) is 3. The first-order chi connectivity index (χ1) is 12.3. The fourth-order valence-corrected chi connectivity index (χ4v) is 3.64. The number of hydrogen-bond donors (Lipinski definition) is 1. The zero-order valence-electron chi connectivity index (χ0n) is 15.1. The second-order valence-corrected chi connectivity index (χ2v) is 8.49. The zero-order valence-corrected chi connectivity index (χ0v) is 15.9. The largest absolute Gasteiger partial charge is 0.351 e. The summed E-state index contributed by atoms with van der Waals surface area (Å²) >= 11 is 0. The molecule has 3 aromatic rings. The second-order valence-electron chi connectivity index (χ2n) is 6.48. The molecule has 0 saturated heterocycles. The van der Waals surface area contributed by atoms with Crippen LogP contribution >= 0.6 is 0 Å². The van der Waals surface area contributed by atoms with Gasteiger partial charge in [-0.1, -0.05) is 25.1 Å². The number of carbonyl (C=O) groups is 1. The Labute approximate surface area is 153 Å². The first-order valence-electron chi connectivity index (χ1n) is 8.45. The molecule has 1 heterocycles. The number of sulfone groups is 1. The molecule has 0 aliphatic rings. The molecule has 0 bridgehead atoms. The fraction of sp³-hybridized carbons (Fsp3) is 0.250. The molecule has 0 aliphatic heterocycles. The van der Waals surface area contributed by atoms with Gasteiger partial charge < -0.3 is 9.88 Å². The van der Waals surface area contributed by atoms with Gasteiger partial charge in [0.15, 0.2) is 9.84 Å². The minimum absolute atomic E-state index is 0.146. The van der Waals surface area contributed by atoms with E-state index in [0.717, 1.165) is 16.5 Å². The van der Waals surface area contributed by atoms with Crippen molar-refractivity contribution >= 4 is 26.6 Å². The average molecular weight is 370 g/mol. The predicted molar refractivity (Wildman–Crippen MR) is 103 cm³/mol. The van der Waals surface area contributed by atoms with Gasteiger partial charge in [-0.15, -0.1) is 0 Å². The van der Waals surface area contributed by atoms with E-state index in [1.807, 2.05) is 49.0 Å². The molecule has 1 unspecified atom stereocenters. The van der Waals surface area contributed by atoms with E-state index in [2.05, 4.69) is 5.32 Å². The first kappa shape index (κ1) is 18.2. The molecule has 0 aliphatic carbocycles. The van der Waals surface area contributed by atoms with Crippen molar-refractivity contribution in [2.75, 3.05) is 6.26 Å². The number of nitrogens with zero attached hydrogens (tertiary/aromatic N) is 1. The standard InChI is InChI=1S/C20H22N2O3S/c1-4-18(14-7-9-17(10-8-14)26(3,24)25)21-20(23)16-6-5-15-11-12-22(2)19(15)13-16/h5-13,18H,4H2,1-3H3,(H,21,23). The summed E-state index contributed by atoms with van der Waals surface area (Å²) in [6, 6.07) is 14.1. The summed E-state index contributed by atoms with van der Waals surface area (Å²) in [5.41, 5.74) is 2.49. The molecule has 26 heavy (non-hydrogen) atoms. The molecule has 0 saturated carbocycles. The maximum Gasteiger partial charge on any atom is 0.251 e. The van der Waals surface area contributed by atoms with Crippen molar-refractivity contribution < 1.29 is 13.2 Å². The minimum Gasteiger partial charge on any atom is -0.351 e. The van der Waals surface area contributed by atoms with Crippen LogP contribution in [-0.2, 0) is 16.9 Å². The number of aromatic nitrogens is 1. The first-order valence-corrected chi connectivity index (χ1v) is 10.3. The molecule has 0 spiro atoms. The highest BCUT2D eigenvalue weighted by atomic mass is 32.2. The molecular formula is C20H22N2O3S. The molecule has 1 aromatic heterocycles. The molecule has 1 N–H and O–H groups in total. The number of fused-ring (bicyclic) bond motifs is 1. The second kappa shape index (κ2) is 6.96. The van der Waals surface area contributed by atoms with Gasteiger partial charge in [-0.25, -0.2) is 8.42 Å². The van der Waals surface area contributed by atoms with Gasteiger partial charge in [0, 0.05) is 30.6 Å². The molecule has 3 rings (SSSR count). The van der Waals surface area contributed by atoms with Crippen LogP contribution < -0.4 is 5.32 Å². The van der Waals surface area contributed by atoms with Crippen molar-refractivity contribution in [3.05, 3.63) is 65.9 Å². The summed E-state index contributed by atoms with van der Waals surface area (Å²) in [6.45, 7) is 1.98. The van der Waals surface area contributed by atoms with Crippen molar-refractivity contribution in [1.29, 1.82) is 0 Å². The van der Waals surface area contributed by atoms with Gasteiger partial charge in [-0.05, 0) is 47.7 Å². The highest BCUT2D eigenvalue weighted by Crippen LogP contribution is 2.21. The summed E-state index contributed by atoms with van der Waals surface area (Å²) in [4.78, 5) is 12.9. The molecule has 136 valence electrons. The number of nitrogens with one attached hydrogen (secondary N) is 1. The quantitative estimate of drug-likeness (QED) is 0.748. The Morgan fingerprint density at radius 3 is 2.42 bits per heavy atom. The van der Waals surface area contributed by atoms with Crippen molar-refractivity contribution in [3.8, 4) is 0 Å². The van der Waals surface area contributed by atoms with Gasteiger partial charge in [0.05, 0.1) is 10.9 Å². The van der Waals surface area contributed by atoms with Gasteiger partial charge >= 0.3 is 0 Å². The lowest BCUT2D eigenvalue weighted by molar-refractivity contribution is 0.0935. The van der Waals surface area contributed by atoms with E-state index in [1.54, 1.807) is 24.3 Å². The molecule has 2 aromatic carbocycles. The van der Waals surface area contributed by atoms with E-state index in [4.69, 9.17) is 0 Å². The maximum absolute atomic E-state index is 12.7. The molecule has 1 atom stereocenters. The Bertz CT molecular complexity index is 1050. The lowest BCUT2D eigenvalue weighted by Gasteiger charge is -2.18. The summed E-state index contributed by atoms with van der Waals surface area (Å²) in [7, 11) is -1.28. The molecule has 0 radical (unpaired) electrons. The Morgan fingerprint density at radius 2 is 1.81 bits per heavy atom. The van der Waals surface area contributed by atoms with Crippen molar-refractivity contribution in [1.82, 2.24) is 9.88 Å². The lowest BCUT2D eigenvalue weighted by atomic mass is 10.0. The van der Waals surface area contributed by atoms with Crippen molar-refractivity contribution in [2.24, 2.45) is 7.05 Å². The number of carbonyl (C=O) groups excluding carboxylic acids is 1. The van der Waals surface area contributed by atoms with Crippen molar-refractivity contribution in [2.45, 2.75) is 24.3 Å². The molecular weight excluding hydrogens is 348 g/mol. The van der Waals surface area contributed by atoms with Crippen LogP contribution in [0.2, 0.25) is 0 Å². The smallest absolute Gasteiger partial charge is 0.251 e. The minimum atomic E-state index is -3.23. The van der Waals surface area contributed by atoms with Crippen LogP contribution in [0.3, 0.4) is 0 Å². The number of benzene rings is 2. The van der Waals surface area contributed by atoms with Gasteiger partial charge in [-0.3, -0.25) is 4.79 Å². The SMILES string of the molecule is CCC(NC(=O)c1ccc2ccn(C)c2c1)c1ccc(S(C)(=O)=O)cc1. The summed E-state index contributed by atoms with van der Waals surface area (Å²) in [5, 5.41) is 4.13. The fourth-order valence-electron chi connectivity index (χ4n) is 3.01. The van der Waals surface area contributed by atoms with Gasteiger partial charge in [0.2, 0.25) is 0 Å². The van der Waals surface area contributed by atoms with Crippen LogP contribution in [0.15, 0.2) is 59.6 Å². The van der Waals surface area contributed by atoms with Crippen LogP contribution in [0.5, 0.6) is 0 Å². The maximum atomic E-state index is 12.7. The van der Waals surface area contributed by atoms with E-state index in [9.17, 15) is 13.2 Å². The van der Waals surface area contributed by atoms with Crippen LogP contribution in [0.25, 0.3) is 10.9 Å². The molecule has 0 fully saturated rings. The van der Waals surface area contributed by atoms with E-state index in [-0.39, 0.29) is 16.8 Å². The average Bonchev–Trinajstić information content (AvgIpc) is 2.99. The highest BCUT2D eigenvalue weighted by Gasteiger charge is 2.16. The molecule has 5 nitrogen and oxygen atoms in total. The Kier molecular flexibility index (Phi) is 4.87. The third kappa shape index (κ3) is 3.65. The summed E-state index contributed by atoms with van der Waals surface area (Å²) < 4.78 is 25.2. The highest BCUT2D eigenvalue weighted by molar-refractivity contribution is 7.90. The van der Waals surface area contributed by atoms with E-state index >= 15 is 0 Å². The van der Waals surface area contributed by atoms with Crippen molar-refractivity contribution in [3.63, 3.8) is 0 Å². The summed E-state index contributed by atoms with van der Waals surface area (Å²) in [6.07, 6.45) is 3.85. The summed E-state index contributed by atoms with van der Waals surface area (Å²) in [5.74, 6) is -0.146. The third-order valence-corrected chi connectivity index (χ3v) is 5.70. The van der Waals surface area contributed by atoms with Gasteiger partial charge in [0.25, 0.3) is 5.91 Å². The van der Waals surface area contributed by atoms with Gasteiger partial charge in [-0.2, -0.15) is 0 Å². The Morgan fingerprint density at radius 1 is 1.12 bits per heavy atom. The number of amides is 1. The topological polar surface area (TPSA) is 68.2 Å². The monoisotopic (exact) mass is 370 g/mol. The van der Waals surface area contributed by atoms with Crippen LogP contribution in [0.4, 0.5) is 0 Å². The van der Waals surface area contributed by atoms with E-state index in [1.165, 1.54) is 6.26 Å². The van der Waals surface area contributed by atoms with E-state index in [0.29, 0.717) is 12.0 Å². The normalized spacial score (nSPS) is 12.9. The molecule has 6 heteroatoms. The van der Waals surface area contributed by atoms with Crippen LogP contribution in [0.1, 0.15) is 35.3 Å². The lowest BCUT2D eigenvalue weighted by Crippen LogP contribution is -2.28. The Hall–Kier alpha value is -2.60. The predicted octanol–water partition coefficient (Wildman–Crippen LogP) is 3.46. The van der Waals surface area contributed by atoms with Gasteiger partial charge in [0.1, 0.15) is 0 Å². The van der Waals surface area contributed by atoms with Crippen LogP contribution in [0, 0.1) is 0 Å². The zero-order chi connectivity index (χ0) is 18.9. The number of rotatable bonds is 5.